The smallest absolute Gasteiger partial charge is 0.371 e. The van der Waals surface area contributed by atoms with Gasteiger partial charge in [0.1, 0.15) is 10.7 Å². The second kappa shape index (κ2) is 4.50. The van der Waals surface area contributed by atoms with Crippen LogP contribution < -0.4 is 0 Å². The molecule has 0 saturated carbocycles. The summed E-state index contributed by atoms with van der Waals surface area (Å²) in [6.45, 7) is 4.88. The van der Waals surface area contributed by atoms with Crippen molar-refractivity contribution in [1.29, 1.82) is 0 Å². The molecule has 0 aromatic carbocycles. The summed E-state index contributed by atoms with van der Waals surface area (Å²) >= 11 is 0. The van der Waals surface area contributed by atoms with E-state index in [9.17, 15) is 13.2 Å². The molecule has 0 radical (unpaired) electrons. The Bertz CT molecular complexity index is 529. The van der Waals surface area contributed by atoms with Crippen LogP contribution in [-0.4, -0.2) is 36.9 Å². The summed E-state index contributed by atoms with van der Waals surface area (Å²) in [6.07, 6.45) is 0. The van der Waals surface area contributed by atoms with E-state index in [0.717, 1.165) is 10.4 Å². The van der Waals surface area contributed by atoms with Gasteiger partial charge in [0, 0.05) is 19.2 Å². The lowest BCUT2D eigenvalue weighted by atomic mass is 10.4. The van der Waals surface area contributed by atoms with E-state index in [1.807, 2.05) is 0 Å². The zero-order chi connectivity index (χ0) is 13.4. The Morgan fingerprint density at radius 3 is 2.35 bits per heavy atom. The van der Waals surface area contributed by atoms with Crippen LogP contribution in [-0.2, 0) is 10.0 Å². The third-order valence-corrected chi connectivity index (χ3v) is 4.61. The molecule has 1 N–H and O–H groups in total. The minimum Gasteiger partial charge on any atom is -0.475 e. The lowest BCUT2D eigenvalue weighted by Crippen LogP contribution is -2.33. The van der Waals surface area contributed by atoms with Gasteiger partial charge in [0.25, 0.3) is 0 Å². The molecule has 0 aliphatic carbocycles. The lowest BCUT2D eigenvalue weighted by Gasteiger charge is -2.20. The molecule has 0 aliphatic heterocycles. The van der Waals surface area contributed by atoms with E-state index >= 15 is 0 Å². The van der Waals surface area contributed by atoms with Crippen LogP contribution in [0.3, 0.4) is 0 Å². The van der Waals surface area contributed by atoms with Gasteiger partial charge in [0.05, 0.1) is 0 Å². The third kappa shape index (κ3) is 2.50. The van der Waals surface area contributed by atoms with E-state index in [-0.39, 0.29) is 22.5 Å². The number of furan rings is 1. The first-order valence-electron chi connectivity index (χ1n) is 4.99. The minimum atomic E-state index is -3.71. The van der Waals surface area contributed by atoms with E-state index in [1.165, 1.54) is 14.0 Å². The van der Waals surface area contributed by atoms with Crippen molar-refractivity contribution < 1.29 is 22.7 Å². The van der Waals surface area contributed by atoms with Crippen LogP contribution in [0.4, 0.5) is 0 Å². The molecule has 0 amide bonds. The standard InChI is InChI=1S/C10H15NO5S/c1-6(2)11(4)17(14,15)9-5-8(10(12)13)16-7(9)3/h5-6H,1-4H3,(H,12,13). The maximum absolute atomic E-state index is 12.1. The number of aryl methyl sites for hydroxylation is 1. The molecule has 96 valence electrons. The summed E-state index contributed by atoms with van der Waals surface area (Å²) in [6, 6.07) is 0.814. The normalized spacial score (nSPS) is 12.4. The van der Waals surface area contributed by atoms with Gasteiger partial charge in [-0.15, -0.1) is 0 Å². The molecule has 0 aliphatic rings. The highest BCUT2D eigenvalue weighted by Crippen LogP contribution is 2.23. The van der Waals surface area contributed by atoms with E-state index in [0.29, 0.717) is 0 Å². The first-order chi connectivity index (χ1) is 7.67. The van der Waals surface area contributed by atoms with Crippen LogP contribution in [0.15, 0.2) is 15.4 Å². The van der Waals surface area contributed by atoms with Gasteiger partial charge in [-0.1, -0.05) is 0 Å². The van der Waals surface area contributed by atoms with Gasteiger partial charge in [-0.05, 0) is 20.8 Å². The molecule has 1 rings (SSSR count). The quantitative estimate of drug-likeness (QED) is 0.883. The van der Waals surface area contributed by atoms with Crippen molar-refractivity contribution in [3.05, 3.63) is 17.6 Å². The van der Waals surface area contributed by atoms with Gasteiger partial charge in [-0.2, -0.15) is 4.31 Å². The molecule has 0 saturated heterocycles. The molecule has 7 heteroatoms. The number of hydrogen-bond donors (Lipinski definition) is 1. The molecule has 17 heavy (non-hydrogen) atoms. The van der Waals surface area contributed by atoms with Gasteiger partial charge in [-0.25, -0.2) is 13.2 Å². The van der Waals surface area contributed by atoms with E-state index in [2.05, 4.69) is 0 Å². The number of aromatic carboxylic acids is 1. The molecule has 1 aromatic rings. The number of nitrogens with zero attached hydrogens (tertiary/aromatic N) is 1. The van der Waals surface area contributed by atoms with Crippen LogP contribution in [0.25, 0.3) is 0 Å². The van der Waals surface area contributed by atoms with Crippen molar-refractivity contribution >= 4 is 16.0 Å². The molecular formula is C10H15NO5S. The Kier molecular flexibility index (Phi) is 3.63. The van der Waals surface area contributed by atoms with Gasteiger partial charge in [0.15, 0.2) is 0 Å². The SMILES string of the molecule is Cc1oc(C(=O)O)cc1S(=O)(=O)N(C)C(C)C. The molecule has 0 bridgehead atoms. The Morgan fingerprint density at radius 1 is 1.47 bits per heavy atom. The molecule has 6 nitrogen and oxygen atoms in total. The van der Waals surface area contributed by atoms with Gasteiger partial charge in [0.2, 0.25) is 15.8 Å². The highest BCUT2D eigenvalue weighted by atomic mass is 32.2. The topological polar surface area (TPSA) is 87.8 Å². The average Bonchev–Trinajstić information content (AvgIpc) is 2.59. The van der Waals surface area contributed by atoms with E-state index in [4.69, 9.17) is 9.52 Å². The number of sulfonamides is 1. The number of rotatable bonds is 4. The van der Waals surface area contributed by atoms with Crippen molar-refractivity contribution in [2.45, 2.75) is 31.7 Å². The monoisotopic (exact) mass is 261 g/mol. The predicted octanol–water partition coefficient (Wildman–Crippen LogP) is 1.32. The molecular weight excluding hydrogens is 246 g/mol. The number of hydrogen-bond acceptors (Lipinski definition) is 4. The van der Waals surface area contributed by atoms with Crippen LogP contribution in [0.2, 0.25) is 0 Å². The summed E-state index contributed by atoms with van der Waals surface area (Å²) in [4.78, 5) is 10.6. The van der Waals surface area contributed by atoms with Crippen LogP contribution >= 0.6 is 0 Å². The van der Waals surface area contributed by atoms with Crippen molar-refractivity contribution in [3.63, 3.8) is 0 Å². The predicted molar refractivity (Wildman–Crippen MR) is 60.5 cm³/mol. The Morgan fingerprint density at radius 2 is 2.00 bits per heavy atom. The maximum Gasteiger partial charge on any atom is 0.371 e. The third-order valence-electron chi connectivity index (χ3n) is 2.47. The van der Waals surface area contributed by atoms with E-state index in [1.54, 1.807) is 13.8 Å². The molecule has 1 aromatic heterocycles. The largest absolute Gasteiger partial charge is 0.475 e. The molecule has 0 fully saturated rings. The molecule has 0 atom stereocenters. The zero-order valence-electron chi connectivity index (χ0n) is 10.1. The minimum absolute atomic E-state index is 0.0786. The fourth-order valence-electron chi connectivity index (χ4n) is 1.26. The Balaban J connectivity index is 3.29. The number of carbonyl (C=O) groups is 1. The van der Waals surface area contributed by atoms with Gasteiger partial charge >= 0.3 is 5.97 Å². The fraction of sp³-hybridized carbons (Fsp3) is 0.500. The maximum atomic E-state index is 12.1. The van der Waals surface area contributed by atoms with Gasteiger partial charge < -0.3 is 9.52 Å². The van der Waals surface area contributed by atoms with Crippen molar-refractivity contribution in [2.75, 3.05) is 7.05 Å². The Hall–Kier alpha value is -1.34. The second-order valence-electron chi connectivity index (χ2n) is 3.95. The summed E-state index contributed by atoms with van der Waals surface area (Å²) in [5.74, 6) is -1.59. The summed E-state index contributed by atoms with van der Waals surface area (Å²) in [7, 11) is -2.27. The van der Waals surface area contributed by atoms with Crippen molar-refractivity contribution in [1.82, 2.24) is 4.31 Å². The zero-order valence-corrected chi connectivity index (χ0v) is 10.9. The first-order valence-corrected chi connectivity index (χ1v) is 6.43. The number of carboxylic acid groups (broad SMARTS) is 1. The summed E-state index contributed by atoms with van der Waals surface area (Å²) < 4.78 is 30.3. The fourth-order valence-corrected chi connectivity index (χ4v) is 2.79. The first kappa shape index (κ1) is 13.7. The lowest BCUT2D eigenvalue weighted by molar-refractivity contribution is 0.0661. The number of carboxylic acids is 1. The average molecular weight is 261 g/mol. The highest BCUT2D eigenvalue weighted by molar-refractivity contribution is 7.89. The van der Waals surface area contributed by atoms with Gasteiger partial charge in [-0.3, -0.25) is 0 Å². The Labute approximate surface area is 99.9 Å². The highest BCUT2D eigenvalue weighted by Gasteiger charge is 2.28. The van der Waals surface area contributed by atoms with Crippen LogP contribution in [0.5, 0.6) is 0 Å². The van der Waals surface area contributed by atoms with Crippen molar-refractivity contribution in [2.24, 2.45) is 0 Å². The van der Waals surface area contributed by atoms with Crippen LogP contribution in [0, 0.1) is 6.92 Å². The summed E-state index contributed by atoms with van der Waals surface area (Å²) in [5, 5.41) is 8.73. The molecule has 0 unspecified atom stereocenters. The molecule has 0 spiro atoms. The molecule has 1 heterocycles. The second-order valence-corrected chi connectivity index (χ2v) is 5.92. The van der Waals surface area contributed by atoms with E-state index < -0.39 is 16.0 Å². The van der Waals surface area contributed by atoms with Crippen molar-refractivity contribution in [3.8, 4) is 0 Å². The summed E-state index contributed by atoms with van der Waals surface area (Å²) in [5.41, 5.74) is 0. The van der Waals surface area contributed by atoms with Crippen LogP contribution in [0.1, 0.15) is 30.2 Å².